The number of aliphatic hydroxyl groups excluding tert-OH is 2. The third kappa shape index (κ3) is 6.79. The number of carbonyl (C=O) groups excluding carboxylic acids is 1. The minimum Gasteiger partial charge on any atom is -0.465 e. The molecule has 1 aromatic carbocycles. The molecule has 4 rings (SSSR count). The van der Waals surface area contributed by atoms with Gasteiger partial charge in [0, 0.05) is 5.92 Å². The molecule has 43 heavy (non-hydrogen) atoms. The van der Waals surface area contributed by atoms with Crippen molar-refractivity contribution in [2.24, 2.45) is 21.7 Å². The zero-order valence-corrected chi connectivity index (χ0v) is 26.0. The summed E-state index contributed by atoms with van der Waals surface area (Å²) in [6.07, 6.45) is -1.44. The van der Waals surface area contributed by atoms with E-state index in [4.69, 9.17) is 24.3 Å². The lowest BCUT2D eigenvalue weighted by atomic mass is 9.87. The van der Waals surface area contributed by atoms with Gasteiger partial charge in [0.05, 0.1) is 25.0 Å². The van der Waals surface area contributed by atoms with Crippen LogP contribution >= 0.6 is 7.75 Å². The van der Waals surface area contributed by atoms with Gasteiger partial charge in [0.2, 0.25) is 0 Å². The first-order chi connectivity index (χ1) is 20.1. The smallest absolute Gasteiger partial charge is 0.459 e. The molecule has 0 saturated carbocycles. The maximum Gasteiger partial charge on any atom is 0.459 e. The molecule has 3 heterocycles. The Bertz CT molecular complexity index is 1320. The van der Waals surface area contributed by atoms with Gasteiger partial charge < -0.3 is 29.9 Å². The number of nitrogens with one attached hydrogen (secondary N) is 1. The van der Waals surface area contributed by atoms with Crippen LogP contribution in [0.15, 0.2) is 46.1 Å². The number of amidine groups is 1. The molecule has 8 atom stereocenters. The fraction of sp³-hybridized carbons (Fsp3) is 0.607. The standard InChI is InChI=1S/C28H41FN5O8P/c1-7-39-26(37)17(3)33-43(38,42-19-10-8-18(9-11-19)27(4,5)6)40-14-28(13-29)24(36)22(35)23(41-28)21-16(2)12-20-25(30)31-15-32-34(20)21/h8-12,15-17,21-24,35-36H,7,13-14H2,1-6H3,(H,33,38)(H2,30,31,32)/t16?,17-,21?,22-,23-,24-,28+,43+/m0/s1. The molecule has 5 N–H and O–H groups in total. The molecule has 0 aromatic heterocycles. The molecule has 3 aliphatic heterocycles. The van der Waals surface area contributed by atoms with Crippen molar-refractivity contribution in [1.29, 1.82) is 0 Å². The number of hydrazone groups is 1. The van der Waals surface area contributed by atoms with E-state index < -0.39 is 63.0 Å². The van der Waals surface area contributed by atoms with Crippen LogP contribution in [0.1, 0.15) is 47.1 Å². The van der Waals surface area contributed by atoms with E-state index in [1.54, 1.807) is 37.3 Å². The van der Waals surface area contributed by atoms with Crippen LogP contribution in [0.4, 0.5) is 4.39 Å². The molecule has 238 valence electrons. The van der Waals surface area contributed by atoms with Gasteiger partial charge in [0.1, 0.15) is 48.7 Å². The first-order valence-electron chi connectivity index (χ1n) is 14.1. The van der Waals surface area contributed by atoms with Crippen molar-refractivity contribution in [1.82, 2.24) is 10.1 Å². The van der Waals surface area contributed by atoms with E-state index in [1.165, 1.54) is 18.3 Å². The van der Waals surface area contributed by atoms with Gasteiger partial charge in [-0.25, -0.2) is 13.9 Å². The molecule has 3 aliphatic rings. The van der Waals surface area contributed by atoms with Gasteiger partial charge in [-0.05, 0) is 37.0 Å². The SMILES string of the molecule is CCOC(=O)[C@H](C)N[P@@](=O)(OC[C@@]1(CF)O[C@@H](C2C(C)C=C3C(N)=NC=NN32)[C@H](O)[C@@H]1O)Oc1ccc(C(C)(C)C)cc1. The highest BCUT2D eigenvalue weighted by Crippen LogP contribution is 2.48. The Labute approximate surface area is 250 Å². The second-order valence-corrected chi connectivity index (χ2v) is 13.6. The molecule has 0 radical (unpaired) electrons. The van der Waals surface area contributed by atoms with Crippen LogP contribution in [0.2, 0.25) is 0 Å². The summed E-state index contributed by atoms with van der Waals surface area (Å²) < 4.78 is 51.3. The van der Waals surface area contributed by atoms with Crippen LogP contribution in [0.5, 0.6) is 5.75 Å². The molecule has 1 saturated heterocycles. The molecule has 15 heteroatoms. The molecular weight excluding hydrogens is 584 g/mol. The van der Waals surface area contributed by atoms with Crippen molar-refractivity contribution in [3.05, 3.63) is 41.6 Å². The number of rotatable bonds is 11. The number of aliphatic hydroxyl groups is 2. The molecule has 0 spiro atoms. The Morgan fingerprint density at radius 3 is 2.58 bits per heavy atom. The second-order valence-electron chi connectivity index (χ2n) is 11.9. The molecule has 0 bridgehead atoms. The Balaban J connectivity index is 1.57. The minimum atomic E-state index is -4.44. The molecule has 13 nitrogen and oxygen atoms in total. The van der Waals surface area contributed by atoms with Crippen molar-refractivity contribution in [2.75, 3.05) is 19.9 Å². The molecule has 1 fully saturated rings. The summed E-state index contributed by atoms with van der Waals surface area (Å²) in [7, 11) is -4.44. The van der Waals surface area contributed by atoms with E-state index in [1.807, 2.05) is 27.7 Å². The van der Waals surface area contributed by atoms with Gasteiger partial charge in [-0.15, -0.1) is 0 Å². The van der Waals surface area contributed by atoms with E-state index in [9.17, 15) is 24.0 Å². The number of hydrogen-bond acceptors (Lipinski definition) is 12. The van der Waals surface area contributed by atoms with Gasteiger partial charge in [-0.1, -0.05) is 45.9 Å². The number of aliphatic imine (C=N–C) groups is 1. The quantitative estimate of drug-likeness (QED) is 0.210. The maximum atomic E-state index is 14.8. The topological polar surface area (TPSA) is 178 Å². The highest BCUT2D eigenvalue weighted by molar-refractivity contribution is 7.52. The van der Waals surface area contributed by atoms with E-state index >= 15 is 0 Å². The summed E-state index contributed by atoms with van der Waals surface area (Å²) in [4.78, 5) is 16.3. The maximum absolute atomic E-state index is 14.8. The average molecular weight is 626 g/mol. The van der Waals surface area contributed by atoms with Gasteiger partial charge in [-0.2, -0.15) is 10.2 Å². The number of esters is 1. The number of hydrogen-bond donors (Lipinski definition) is 4. The summed E-state index contributed by atoms with van der Waals surface area (Å²) in [5.74, 6) is -0.623. The number of nitrogens with zero attached hydrogens (tertiary/aromatic N) is 3. The Morgan fingerprint density at radius 2 is 1.98 bits per heavy atom. The van der Waals surface area contributed by atoms with Crippen LogP contribution in [-0.2, 0) is 28.8 Å². The number of nitrogens with two attached hydrogens (primary N) is 1. The fourth-order valence-electron chi connectivity index (χ4n) is 5.23. The highest BCUT2D eigenvalue weighted by atomic mass is 31.2. The summed E-state index contributed by atoms with van der Waals surface area (Å²) in [5, 5.41) is 30.4. The van der Waals surface area contributed by atoms with E-state index in [0.29, 0.717) is 5.70 Å². The van der Waals surface area contributed by atoms with Crippen molar-refractivity contribution in [3.63, 3.8) is 0 Å². The largest absolute Gasteiger partial charge is 0.465 e. The number of fused-ring (bicyclic) bond motifs is 1. The lowest BCUT2D eigenvalue weighted by Crippen LogP contribution is -2.49. The minimum absolute atomic E-state index is 0.0874. The van der Waals surface area contributed by atoms with E-state index in [-0.39, 0.29) is 29.5 Å². The highest BCUT2D eigenvalue weighted by Gasteiger charge is 2.60. The number of halogens is 1. The third-order valence-electron chi connectivity index (χ3n) is 7.67. The summed E-state index contributed by atoms with van der Waals surface area (Å²) in [6.45, 7) is 8.96. The normalized spacial score (nSPS) is 30.7. The number of benzene rings is 1. The zero-order valence-electron chi connectivity index (χ0n) is 25.1. The van der Waals surface area contributed by atoms with Crippen LogP contribution in [0, 0.1) is 5.92 Å². The monoisotopic (exact) mass is 625 g/mol. The van der Waals surface area contributed by atoms with Crippen LogP contribution in [-0.4, -0.2) is 89.3 Å². The summed E-state index contributed by atoms with van der Waals surface area (Å²) >= 11 is 0. The predicted molar refractivity (Wildman–Crippen MR) is 157 cm³/mol. The Hall–Kier alpha value is -2.87. The predicted octanol–water partition coefficient (Wildman–Crippen LogP) is 2.38. The van der Waals surface area contributed by atoms with Gasteiger partial charge in [-0.3, -0.25) is 14.3 Å². The van der Waals surface area contributed by atoms with Crippen molar-refractivity contribution in [3.8, 4) is 5.75 Å². The van der Waals surface area contributed by atoms with Gasteiger partial charge in [0.25, 0.3) is 0 Å². The number of alkyl halides is 1. The third-order valence-corrected chi connectivity index (χ3v) is 9.30. The van der Waals surface area contributed by atoms with Gasteiger partial charge >= 0.3 is 13.7 Å². The van der Waals surface area contributed by atoms with Crippen molar-refractivity contribution >= 4 is 25.9 Å². The van der Waals surface area contributed by atoms with Crippen LogP contribution in [0.25, 0.3) is 0 Å². The van der Waals surface area contributed by atoms with Crippen LogP contribution in [0.3, 0.4) is 0 Å². The zero-order chi connectivity index (χ0) is 31.7. The molecular formula is C28H41FN5O8P. The van der Waals surface area contributed by atoms with Crippen LogP contribution < -0.4 is 15.3 Å². The number of carbonyl (C=O) groups is 1. The molecule has 0 aliphatic carbocycles. The molecule has 0 amide bonds. The summed E-state index contributed by atoms with van der Waals surface area (Å²) in [6, 6.07) is 4.99. The lowest BCUT2D eigenvalue weighted by molar-refractivity contribution is -0.145. The lowest BCUT2D eigenvalue weighted by Gasteiger charge is -2.34. The van der Waals surface area contributed by atoms with Crippen molar-refractivity contribution in [2.45, 2.75) is 83.0 Å². The van der Waals surface area contributed by atoms with E-state index in [0.717, 1.165) is 5.56 Å². The number of ether oxygens (including phenoxy) is 2. The first kappa shape index (κ1) is 33.0. The Morgan fingerprint density at radius 1 is 1.30 bits per heavy atom. The van der Waals surface area contributed by atoms with Crippen molar-refractivity contribution < 1.29 is 42.5 Å². The molecule has 2 unspecified atom stereocenters. The van der Waals surface area contributed by atoms with Gasteiger partial charge in [0.15, 0.2) is 5.84 Å². The first-order valence-corrected chi connectivity index (χ1v) is 15.6. The Kier molecular flexibility index (Phi) is 9.70. The molecule has 1 aromatic rings. The average Bonchev–Trinajstić information content (AvgIpc) is 3.41. The second kappa shape index (κ2) is 12.6. The fourth-order valence-corrected chi connectivity index (χ4v) is 6.78. The summed E-state index contributed by atoms with van der Waals surface area (Å²) in [5.41, 5.74) is 5.20. The van der Waals surface area contributed by atoms with E-state index in [2.05, 4.69) is 15.2 Å².